The smallest absolute Gasteiger partial charge is 0.119 e. The Morgan fingerprint density at radius 1 is 0.966 bits per heavy atom. The number of pyridine rings is 1. The highest BCUT2D eigenvalue weighted by Gasteiger charge is 2.10. The van der Waals surface area contributed by atoms with E-state index in [0.717, 1.165) is 65.8 Å². The maximum Gasteiger partial charge on any atom is 0.119 e. The summed E-state index contributed by atoms with van der Waals surface area (Å²) in [5.41, 5.74) is 3.14. The Hall–Kier alpha value is -2.37. The summed E-state index contributed by atoms with van der Waals surface area (Å²) < 4.78 is 5.43. The van der Waals surface area contributed by atoms with Gasteiger partial charge in [-0.3, -0.25) is 0 Å². The molecule has 2 aromatic carbocycles. The molecular formula is C24H33N3O2. The summed E-state index contributed by atoms with van der Waals surface area (Å²) in [6.45, 7) is 6.20. The molecule has 0 amide bonds. The van der Waals surface area contributed by atoms with Gasteiger partial charge >= 0.3 is 0 Å². The number of benzene rings is 2. The quantitative estimate of drug-likeness (QED) is 0.344. The van der Waals surface area contributed by atoms with Gasteiger partial charge in [-0.25, -0.2) is 4.98 Å². The number of fused-ring (bicyclic) bond motifs is 2. The molecular weight excluding hydrogens is 362 g/mol. The minimum Gasteiger partial charge on any atom is -0.497 e. The number of nitrogens with one attached hydrogen (secondary N) is 1. The average molecular weight is 396 g/mol. The third-order valence-corrected chi connectivity index (χ3v) is 5.45. The molecule has 0 bridgehead atoms. The van der Waals surface area contributed by atoms with Crippen molar-refractivity contribution in [2.24, 2.45) is 0 Å². The molecule has 0 aliphatic heterocycles. The number of anilines is 1. The number of unbranched alkanes of at least 4 members (excludes halogenated alkanes) is 3. The number of aromatic nitrogens is 1. The second-order valence-corrected chi connectivity index (χ2v) is 7.39. The fourth-order valence-electron chi connectivity index (χ4n) is 3.78. The molecule has 0 spiro atoms. The van der Waals surface area contributed by atoms with E-state index in [9.17, 15) is 0 Å². The Balaban J connectivity index is 1.61. The number of methoxy groups -OCH3 is 1. The van der Waals surface area contributed by atoms with Gasteiger partial charge in [0, 0.05) is 23.9 Å². The third kappa shape index (κ3) is 5.58. The number of para-hydroxylation sites is 1. The van der Waals surface area contributed by atoms with Gasteiger partial charge < -0.3 is 20.1 Å². The second-order valence-electron chi connectivity index (χ2n) is 7.39. The highest BCUT2D eigenvalue weighted by atomic mass is 16.5. The van der Waals surface area contributed by atoms with E-state index in [-0.39, 0.29) is 6.61 Å². The normalized spacial score (nSPS) is 11.4. The monoisotopic (exact) mass is 395 g/mol. The lowest BCUT2D eigenvalue weighted by molar-refractivity contribution is 0.199. The first-order chi connectivity index (χ1) is 14.3. The van der Waals surface area contributed by atoms with Crippen molar-refractivity contribution < 1.29 is 9.84 Å². The maximum absolute atomic E-state index is 9.07. The van der Waals surface area contributed by atoms with Gasteiger partial charge in [-0.2, -0.15) is 0 Å². The average Bonchev–Trinajstić information content (AvgIpc) is 2.76. The molecule has 0 unspecified atom stereocenters. The van der Waals surface area contributed by atoms with Crippen LogP contribution in [0.1, 0.15) is 32.6 Å². The Morgan fingerprint density at radius 3 is 2.55 bits per heavy atom. The number of rotatable bonds is 12. The van der Waals surface area contributed by atoms with Crippen molar-refractivity contribution in [3.05, 3.63) is 42.5 Å². The van der Waals surface area contributed by atoms with Crippen LogP contribution in [0.25, 0.3) is 21.8 Å². The van der Waals surface area contributed by atoms with E-state index in [0.29, 0.717) is 0 Å². The predicted molar refractivity (Wildman–Crippen MR) is 122 cm³/mol. The molecule has 0 radical (unpaired) electrons. The summed E-state index contributed by atoms with van der Waals surface area (Å²) in [5.74, 6) is 0.848. The molecule has 0 fully saturated rings. The summed E-state index contributed by atoms with van der Waals surface area (Å²) >= 11 is 0. The first-order valence-electron chi connectivity index (χ1n) is 10.7. The highest BCUT2D eigenvalue weighted by molar-refractivity contribution is 6.07. The van der Waals surface area contributed by atoms with Crippen LogP contribution in [0.2, 0.25) is 0 Å². The zero-order chi connectivity index (χ0) is 20.5. The molecule has 3 aromatic rings. The van der Waals surface area contributed by atoms with Crippen molar-refractivity contribution >= 4 is 27.5 Å². The van der Waals surface area contributed by atoms with Gasteiger partial charge in [0.25, 0.3) is 0 Å². The molecule has 29 heavy (non-hydrogen) atoms. The molecule has 1 heterocycles. The van der Waals surface area contributed by atoms with Crippen molar-refractivity contribution in [3.8, 4) is 5.75 Å². The minimum atomic E-state index is 0.246. The predicted octanol–water partition coefficient (Wildman–Crippen LogP) is 4.68. The fourth-order valence-corrected chi connectivity index (χ4v) is 3.78. The lowest BCUT2D eigenvalue weighted by Crippen LogP contribution is -2.27. The topological polar surface area (TPSA) is 57.6 Å². The molecule has 1 aromatic heterocycles. The van der Waals surface area contributed by atoms with Gasteiger partial charge in [0.1, 0.15) is 5.75 Å². The summed E-state index contributed by atoms with van der Waals surface area (Å²) in [5, 5.41) is 15.0. The number of nitrogens with zero attached hydrogens (tertiary/aromatic N) is 2. The molecule has 3 rings (SSSR count). The number of hydrogen-bond donors (Lipinski definition) is 2. The highest BCUT2D eigenvalue weighted by Crippen LogP contribution is 2.33. The van der Waals surface area contributed by atoms with Crippen LogP contribution in [0.5, 0.6) is 5.75 Å². The maximum atomic E-state index is 9.07. The Bertz CT molecular complexity index is 913. The Kier molecular flexibility index (Phi) is 8.08. The van der Waals surface area contributed by atoms with Crippen molar-refractivity contribution in [3.63, 3.8) is 0 Å². The summed E-state index contributed by atoms with van der Waals surface area (Å²) in [6, 6.07) is 14.3. The van der Waals surface area contributed by atoms with E-state index in [2.05, 4.69) is 41.4 Å². The van der Waals surface area contributed by atoms with E-state index in [1.165, 1.54) is 19.3 Å². The van der Waals surface area contributed by atoms with Gasteiger partial charge in [-0.05, 0) is 50.2 Å². The molecule has 0 aliphatic rings. The summed E-state index contributed by atoms with van der Waals surface area (Å²) in [6.07, 6.45) is 4.74. The molecule has 5 nitrogen and oxygen atoms in total. The van der Waals surface area contributed by atoms with Crippen LogP contribution in [-0.4, -0.2) is 54.9 Å². The van der Waals surface area contributed by atoms with Crippen LogP contribution >= 0.6 is 0 Å². The van der Waals surface area contributed by atoms with Gasteiger partial charge in [0.15, 0.2) is 0 Å². The lowest BCUT2D eigenvalue weighted by Gasteiger charge is -2.18. The molecule has 0 aliphatic carbocycles. The van der Waals surface area contributed by atoms with Crippen LogP contribution in [0.15, 0.2) is 42.5 Å². The van der Waals surface area contributed by atoms with Crippen LogP contribution in [0.3, 0.4) is 0 Å². The van der Waals surface area contributed by atoms with Crippen LogP contribution in [0, 0.1) is 0 Å². The zero-order valence-corrected chi connectivity index (χ0v) is 17.7. The van der Waals surface area contributed by atoms with Gasteiger partial charge in [0.2, 0.25) is 0 Å². The molecule has 0 atom stereocenters. The summed E-state index contributed by atoms with van der Waals surface area (Å²) in [7, 11) is 1.70. The van der Waals surface area contributed by atoms with E-state index in [1.807, 2.05) is 18.2 Å². The lowest BCUT2D eigenvalue weighted by atomic mass is 10.1. The standard InChI is InChI=1S/C24H33N3O2/c1-3-27(16-17-28)15-9-5-4-8-14-25-24-20-10-6-7-11-22(20)26-23-13-12-19(29-2)18-21(23)24/h6-7,10-13,18,28H,3-5,8-9,14-17H2,1-2H3,(H,25,26). The molecule has 156 valence electrons. The van der Waals surface area contributed by atoms with Crippen molar-refractivity contribution in [1.29, 1.82) is 0 Å². The van der Waals surface area contributed by atoms with E-state index in [4.69, 9.17) is 14.8 Å². The van der Waals surface area contributed by atoms with Crippen LogP contribution in [-0.2, 0) is 0 Å². The number of ether oxygens (including phenoxy) is 1. The minimum absolute atomic E-state index is 0.246. The van der Waals surface area contributed by atoms with E-state index in [1.54, 1.807) is 7.11 Å². The number of hydrogen-bond acceptors (Lipinski definition) is 5. The third-order valence-electron chi connectivity index (χ3n) is 5.45. The SMILES string of the molecule is CCN(CCO)CCCCCCNc1c2ccccc2nc2ccc(OC)cc12. The first kappa shape index (κ1) is 21.3. The number of aliphatic hydroxyl groups is 1. The van der Waals surface area contributed by atoms with Crippen LogP contribution in [0.4, 0.5) is 5.69 Å². The number of aliphatic hydroxyl groups excluding tert-OH is 1. The Labute approximate surface area is 173 Å². The van der Waals surface area contributed by atoms with Crippen LogP contribution < -0.4 is 10.1 Å². The van der Waals surface area contributed by atoms with Crippen molar-refractivity contribution in [1.82, 2.24) is 9.88 Å². The van der Waals surface area contributed by atoms with Gasteiger partial charge in [-0.1, -0.05) is 38.0 Å². The van der Waals surface area contributed by atoms with Gasteiger partial charge in [0.05, 0.1) is 30.4 Å². The number of likely N-dealkylation sites (N-methyl/N-ethyl adjacent to an activating group) is 1. The molecule has 5 heteroatoms. The summed E-state index contributed by atoms with van der Waals surface area (Å²) in [4.78, 5) is 7.11. The van der Waals surface area contributed by atoms with Crippen molar-refractivity contribution in [2.75, 3.05) is 45.2 Å². The van der Waals surface area contributed by atoms with E-state index < -0.39 is 0 Å². The molecule has 2 N–H and O–H groups in total. The van der Waals surface area contributed by atoms with E-state index >= 15 is 0 Å². The van der Waals surface area contributed by atoms with Crippen molar-refractivity contribution in [2.45, 2.75) is 32.6 Å². The van der Waals surface area contributed by atoms with Gasteiger partial charge in [-0.15, -0.1) is 0 Å². The molecule has 0 saturated heterocycles. The largest absolute Gasteiger partial charge is 0.497 e. The fraction of sp³-hybridized carbons (Fsp3) is 0.458. The zero-order valence-electron chi connectivity index (χ0n) is 17.7. The molecule has 0 saturated carbocycles. The first-order valence-corrected chi connectivity index (χ1v) is 10.7. The Morgan fingerprint density at radius 2 is 1.76 bits per heavy atom. The second kappa shape index (κ2) is 11.0.